The van der Waals surface area contributed by atoms with Crippen LogP contribution in [0.4, 0.5) is 4.39 Å². The number of esters is 1. The molecule has 8 heteroatoms. The SMILES string of the molecule is NC(=O)[C@H]1CCCN(C(=O)COC(=O)CCSc2ccc(F)cc2)C1. The number of amides is 2. The third-order valence-corrected chi connectivity index (χ3v) is 4.94. The molecule has 0 radical (unpaired) electrons. The van der Waals surface area contributed by atoms with Gasteiger partial charge < -0.3 is 15.4 Å². The first kappa shape index (κ1) is 19.2. The summed E-state index contributed by atoms with van der Waals surface area (Å²) in [5, 5.41) is 0. The van der Waals surface area contributed by atoms with Crippen LogP contribution >= 0.6 is 11.8 Å². The van der Waals surface area contributed by atoms with E-state index in [9.17, 15) is 18.8 Å². The van der Waals surface area contributed by atoms with Crippen molar-refractivity contribution in [2.75, 3.05) is 25.4 Å². The summed E-state index contributed by atoms with van der Waals surface area (Å²) in [5.74, 6) is -1.35. The van der Waals surface area contributed by atoms with Crippen LogP contribution < -0.4 is 5.73 Å². The van der Waals surface area contributed by atoms with Crippen molar-refractivity contribution in [2.24, 2.45) is 11.7 Å². The van der Waals surface area contributed by atoms with Gasteiger partial charge in [0.15, 0.2) is 6.61 Å². The standard InChI is InChI=1S/C17H21FN2O4S/c18-13-3-5-14(6-4-13)25-9-7-16(22)24-11-15(21)20-8-1-2-12(10-20)17(19)23/h3-6,12H,1-2,7-11H2,(H2,19,23)/t12-/m0/s1. The normalized spacial score (nSPS) is 17.2. The van der Waals surface area contributed by atoms with E-state index in [1.165, 1.54) is 28.8 Å². The first-order chi connectivity index (χ1) is 12.0. The van der Waals surface area contributed by atoms with Crippen LogP contribution in [-0.2, 0) is 19.1 Å². The Balaban J connectivity index is 1.66. The van der Waals surface area contributed by atoms with Gasteiger partial charge >= 0.3 is 5.97 Å². The van der Waals surface area contributed by atoms with Gasteiger partial charge in [-0.05, 0) is 37.1 Å². The number of ether oxygens (including phenoxy) is 1. The fourth-order valence-electron chi connectivity index (χ4n) is 2.52. The van der Waals surface area contributed by atoms with Crippen LogP contribution in [0.2, 0.25) is 0 Å². The number of benzene rings is 1. The lowest BCUT2D eigenvalue weighted by Gasteiger charge is -2.31. The van der Waals surface area contributed by atoms with Crippen molar-refractivity contribution in [1.82, 2.24) is 4.90 Å². The number of hydrogen-bond donors (Lipinski definition) is 1. The van der Waals surface area contributed by atoms with Crippen molar-refractivity contribution in [3.8, 4) is 0 Å². The van der Waals surface area contributed by atoms with Crippen LogP contribution in [0.3, 0.4) is 0 Å². The second kappa shape index (κ2) is 9.41. The number of piperidine rings is 1. The predicted molar refractivity (Wildman–Crippen MR) is 91.2 cm³/mol. The molecule has 136 valence electrons. The molecular weight excluding hydrogens is 347 g/mol. The van der Waals surface area contributed by atoms with Gasteiger partial charge in [0.2, 0.25) is 5.91 Å². The van der Waals surface area contributed by atoms with E-state index < -0.39 is 11.9 Å². The number of nitrogens with zero attached hydrogens (tertiary/aromatic N) is 1. The molecule has 0 unspecified atom stereocenters. The molecular formula is C17H21FN2O4S. The summed E-state index contributed by atoms with van der Waals surface area (Å²) < 4.78 is 17.8. The number of carbonyl (C=O) groups is 3. The second-order valence-corrected chi connectivity index (χ2v) is 6.96. The molecule has 0 aliphatic carbocycles. The number of nitrogens with two attached hydrogens (primary N) is 1. The molecule has 25 heavy (non-hydrogen) atoms. The van der Waals surface area contributed by atoms with Crippen LogP contribution in [0.15, 0.2) is 29.2 Å². The van der Waals surface area contributed by atoms with Crippen molar-refractivity contribution < 1.29 is 23.5 Å². The maximum atomic E-state index is 12.8. The van der Waals surface area contributed by atoms with Crippen molar-refractivity contribution >= 4 is 29.5 Å². The minimum absolute atomic E-state index is 0.152. The Hall–Kier alpha value is -2.09. The number of thioether (sulfide) groups is 1. The van der Waals surface area contributed by atoms with Crippen LogP contribution in [-0.4, -0.2) is 48.1 Å². The van der Waals surface area contributed by atoms with Crippen molar-refractivity contribution in [3.05, 3.63) is 30.1 Å². The Labute approximate surface area is 149 Å². The lowest BCUT2D eigenvalue weighted by atomic mass is 9.97. The highest BCUT2D eigenvalue weighted by Gasteiger charge is 2.27. The molecule has 0 spiro atoms. The van der Waals surface area contributed by atoms with Gasteiger partial charge in [-0.3, -0.25) is 14.4 Å². The lowest BCUT2D eigenvalue weighted by Crippen LogP contribution is -2.45. The molecule has 6 nitrogen and oxygen atoms in total. The summed E-state index contributed by atoms with van der Waals surface area (Å²) in [6.07, 6.45) is 1.54. The maximum absolute atomic E-state index is 12.8. The van der Waals surface area contributed by atoms with Gasteiger partial charge in [0.25, 0.3) is 5.91 Å². The monoisotopic (exact) mass is 368 g/mol. The fourth-order valence-corrected chi connectivity index (χ4v) is 3.36. The number of carbonyl (C=O) groups excluding carboxylic acids is 3. The second-order valence-electron chi connectivity index (χ2n) is 5.79. The molecule has 0 aromatic heterocycles. The van der Waals surface area contributed by atoms with Gasteiger partial charge in [0, 0.05) is 23.7 Å². The number of halogens is 1. The minimum atomic E-state index is -0.466. The number of primary amides is 1. The largest absolute Gasteiger partial charge is 0.456 e. The van der Waals surface area contributed by atoms with E-state index >= 15 is 0 Å². The van der Waals surface area contributed by atoms with Crippen molar-refractivity contribution in [1.29, 1.82) is 0 Å². The molecule has 1 aromatic carbocycles. The molecule has 1 aliphatic heterocycles. The molecule has 1 heterocycles. The molecule has 1 atom stereocenters. The van der Waals surface area contributed by atoms with E-state index in [0.29, 0.717) is 25.1 Å². The summed E-state index contributed by atoms with van der Waals surface area (Å²) in [5.41, 5.74) is 5.28. The third kappa shape index (κ3) is 6.38. The van der Waals surface area contributed by atoms with Gasteiger partial charge in [0.1, 0.15) is 5.82 Å². The Morgan fingerprint density at radius 2 is 2.00 bits per heavy atom. The summed E-state index contributed by atoms with van der Waals surface area (Å²) in [4.78, 5) is 37.3. The fraction of sp³-hybridized carbons (Fsp3) is 0.471. The molecule has 1 aromatic rings. The lowest BCUT2D eigenvalue weighted by molar-refractivity contribution is -0.152. The van der Waals surface area contributed by atoms with E-state index in [1.807, 2.05) is 0 Å². The van der Waals surface area contributed by atoms with Crippen LogP contribution in [0.5, 0.6) is 0 Å². The number of likely N-dealkylation sites (tertiary alicyclic amines) is 1. The summed E-state index contributed by atoms with van der Waals surface area (Å²) in [6, 6.07) is 6.00. The van der Waals surface area contributed by atoms with Gasteiger partial charge in [-0.2, -0.15) is 0 Å². The van der Waals surface area contributed by atoms with Crippen molar-refractivity contribution in [2.45, 2.75) is 24.2 Å². The molecule has 1 aliphatic rings. The highest BCUT2D eigenvalue weighted by Crippen LogP contribution is 2.19. The molecule has 0 bridgehead atoms. The van der Waals surface area contributed by atoms with Crippen LogP contribution in [0.25, 0.3) is 0 Å². The first-order valence-corrected chi connectivity index (χ1v) is 9.05. The van der Waals surface area contributed by atoms with Gasteiger partial charge in [-0.25, -0.2) is 4.39 Å². The molecule has 1 fully saturated rings. The van der Waals surface area contributed by atoms with Gasteiger partial charge in [0.05, 0.1) is 12.3 Å². The topological polar surface area (TPSA) is 89.7 Å². The van der Waals surface area contributed by atoms with E-state index in [0.717, 1.165) is 4.90 Å². The van der Waals surface area contributed by atoms with Crippen molar-refractivity contribution in [3.63, 3.8) is 0 Å². The van der Waals surface area contributed by atoms with E-state index in [1.54, 1.807) is 12.1 Å². The summed E-state index contributed by atoms with van der Waals surface area (Å²) in [7, 11) is 0. The predicted octanol–water partition coefficient (Wildman–Crippen LogP) is 1.57. The number of hydrogen-bond acceptors (Lipinski definition) is 5. The maximum Gasteiger partial charge on any atom is 0.307 e. The zero-order valence-corrected chi connectivity index (χ0v) is 14.6. The zero-order valence-electron chi connectivity index (χ0n) is 13.8. The summed E-state index contributed by atoms with van der Waals surface area (Å²) in [6.45, 7) is 0.498. The Bertz CT molecular complexity index is 624. The molecule has 2 N–H and O–H groups in total. The Morgan fingerprint density at radius 3 is 2.68 bits per heavy atom. The highest BCUT2D eigenvalue weighted by molar-refractivity contribution is 7.99. The smallest absolute Gasteiger partial charge is 0.307 e. The Kier molecular flexibility index (Phi) is 7.24. The first-order valence-electron chi connectivity index (χ1n) is 8.07. The molecule has 2 amide bonds. The highest BCUT2D eigenvalue weighted by atomic mass is 32.2. The average Bonchev–Trinajstić information content (AvgIpc) is 2.61. The zero-order chi connectivity index (χ0) is 18.2. The molecule has 0 saturated carbocycles. The Morgan fingerprint density at radius 1 is 1.28 bits per heavy atom. The molecule has 1 saturated heterocycles. The summed E-state index contributed by atoms with van der Waals surface area (Å²) >= 11 is 1.41. The van der Waals surface area contributed by atoms with Gasteiger partial charge in [-0.1, -0.05) is 0 Å². The number of rotatable bonds is 7. The third-order valence-electron chi connectivity index (χ3n) is 3.92. The van der Waals surface area contributed by atoms with E-state index in [4.69, 9.17) is 10.5 Å². The van der Waals surface area contributed by atoms with Gasteiger partial charge in [-0.15, -0.1) is 11.8 Å². The quantitative estimate of drug-likeness (QED) is 0.583. The van der Waals surface area contributed by atoms with Crippen LogP contribution in [0.1, 0.15) is 19.3 Å². The van der Waals surface area contributed by atoms with E-state index in [2.05, 4.69) is 0 Å². The van der Waals surface area contributed by atoms with E-state index in [-0.39, 0.29) is 37.2 Å². The molecule has 2 rings (SSSR count). The minimum Gasteiger partial charge on any atom is -0.456 e. The average molecular weight is 368 g/mol. The van der Waals surface area contributed by atoms with Crippen LogP contribution in [0, 0.1) is 11.7 Å².